The number of nitrogens with one attached hydrogen (secondary N) is 2. The van der Waals surface area contributed by atoms with E-state index in [1.807, 2.05) is 30.5 Å². The van der Waals surface area contributed by atoms with Gasteiger partial charge >= 0.3 is 0 Å². The van der Waals surface area contributed by atoms with Crippen LogP contribution in [0, 0.1) is 5.92 Å². The topological polar surface area (TPSA) is 40.2 Å². The molecule has 1 aliphatic carbocycles. The Morgan fingerprint density at radius 3 is 2.92 bits per heavy atom. The molecule has 0 fully saturated rings. The lowest BCUT2D eigenvalue weighted by Gasteiger charge is -2.19. The van der Waals surface area contributed by atoms with Gasteiger partial charge in [0.15, 0.2) is 0 Å². The number of fused-ring (bicyclic) bond motifs is 1. The van der Waals surface area contributed by atoms with Crippen molar-refractivity contribution in [3.63, 3.8) is 0 Å². The molecule has 3 rings (SSSR count). The van der Waals surface area contributed by atoms with E-state index >= 15 is 0 Å². The molecule has 1 unspecified atom stereocenters. The Labute approximate surface area is 154 Å². The molecule has 1 aliphatic rings. The van der Waals surface area contributed by atoms with Crippen molar-refractivity contribution in [2.45, 2.75) is 0 Å². The van der Waals surface area contributed by atoms with Gasteiger partial charge in [-0.15, -0.1) is 0 Å². The Morgan fingerprint density at radius 1 is 1.20 bits per heavy atom. The van der Waals surface area contributed by atoms with E-state index < -0.39 is 0 Å². The summed E-state index contributed by atoms with van der Waals surface area (Å²) in [6.45, 7) is 3.76. The van der Waals surface area contributed by atoms with Gasteiger partial charge in [-0.3, -0.25) is 4.98 Å². The van der Waals surface area contributed by atoms with Crippen LogP contribution in [-0.4, -0.2) is 50.2 Å². The smallest absolute Gasteiger partial charge is 0.0737 e. The van der Waals surface area contributed by atoms with E-state index in [9.17, 15) is 0 Å². The Balaban J connectivity index is 1.46. The predicted molar refractivity (Wildman–Crippen MR) is 107 cm³/mol. The number of allylic oxidation sites excluding steroid dienone is 2. The molecule has 0 aliphatic heterocycles. The first kappa shape index (κ1) is 17.9. The van der Waals surface area contributed by atoms with Crippen molar-refractivity contribution in [1.82, 2.24) is 15.2 Å². The van der Waals surface area contributed by atoms with Crippen LogP contribution in [-0.2, 0) is 0 Å². The first-order chi connectivity index (χ1) is 12.1. The molecule has 1 heterocycles. The van der Waals surface area contributed by atoms with Crippen molar-refractivity contribution in [1.29, 1.82) is 0 Å². The summed E-state index contributed by atoms with van der Waals surface area (Å²) in [6.07, 6.45) is 8.49. The molecule has 0 bridgehead atoms. The molecule has 0 spiro atoms. The molecule has 2 aromatic rings. The van der Waals surface area contributed by atoms with E-state index in [1.165, 1.54) is 5.57 Å². The molecular formula is C20H25ClN4. The van der Waals surface area contributed by atoms with Crippen LogP contribution in [0.2, 0.25) is 5.02 Å². The van der Waals surface area contributed by atoms with Crippen LogP contribution in [0.3, 0.4) is 0 Å². The molecular weight excluding hydrogens is 332 g/mol. The first-order valence-corrected chi connectivity index (χ1v) is 9.02. The quantitative estimate of drug-likeness (QED) is 0.709. The third-order valence-electron chi connectivity index (χ3n) is 4.34. The van der Waals surface area contributed by atoms with Gasteiger partial charge in [0.1, 0.15) is 0 Å². The van der Waals surface area contributed by atoms with Crippen molar-refractivity contribution in [2.75, 3.05) is 45.6 Å². The zero-order valence-corrected chi connectivity index (χ0v) is 15.6. The van der Waals surface area contributed by atoms with E-state index in [0.717, 1.165) is 42.8 Å². The zero-order chi connectivity index (χ0) is 17.6. The molecule has 0 amide bonds. The zero-order valence-electron chi connectivity index (χ0n) is 14.8. The minimum Gasteiger partial charge on any atom is -0.383 e. The maximum absolute atomic E-state index is 6.04. The fourth-order valence-corrected chi connectivity index (χ4v) is 3.28. The SMILES string of the molecule is CN(C)CC1C=CC=C1CNCCNc1ccnc2cc(Cl)ccc12. The lowest BCUT2D eigenvalue weighted by atomic mass is 10.0. The standard InChI is InChI=1S/C20H25ClN4/c1-25(2)14-16-5-3-4-15(16)13-22-10-11-24-19-8-9-23-20-12-17(21)6-7-18(19)20/h3-9,12,16,22H,10-11,13-14H2,1-2H3,(H,23,24). The van der Waals surface area contributed by atoms with Gasteiger partial charge in [0.25, 0.3) is 0 Å². The minimum atomic E-state index is 0.532. The first-order valence-electron chi connectivity index (χ1n) is 8.64. The number of hydrogen-bond donors (Lipinski definition) is 2. The summed E-state index contributed by atoms with van der Waals surface area (Å²) < 4.78 is 0. The molecule has 4 nitrogen and oxygen atoms in total. The second-order valence-electron chi connectivity index (χ2n) is 6.62. The molecule has 5 heteroatoms. The van der Waals surface area contributed by atoms with Crippen LogP contribution in [0.15, 0.2) is 54.3 Å². The van der Waals surface area contributed by atoms with Crippen molar-refractivity contribution in [3.8, 4) is 0 Å². The summed E-state index contributed by atoms with van der Waals surface area (Å²) in [5, 5.41) is 8.83. The summed E-state index contributed by atoms with van der Waals surface area (Å²) >= 11 is 6.04. The Bertz CT molecular complexity index is 782. The van der Waals surface area contributed by atoms with Gasteiger partial charge in [-0.05, 0) is 43.9 Å². The van der Waals surface area contributed by atoms with Gasteiger partial charge in [0.2, 0.25) is 0 Å². The summed E-state index contributed by atoms with van der Waals surface area (Å²) in [5.41, 5.74) is 3.47. The van der Waals surface area contributed by atoms with E-state index in [0.29, 0.717) is 10.9 Å². The number of anilines is 1. The van der Waals surface area contributed by atoms with E-state index in [4.69, 9.17) is 11.6 Å². The molecule has 1 aromatic heterocycles. The number of aromatic nitrogens is 1. The maximum Gasteiger partial charge on any atom is 0.0737 e. The Morgan fingerprint density at radius 2 is 2.08 bits per heavy atom. The molecule has 25 heavy (non-hydrogen) atoms. The molecule has 132 valence electrons. The molecule has 0 saturated carbocycles. The highest BCUT2D eigenvalue weighted by Gasteiger charge is 2.14. The van der Waals surface area contributed by atoms with Crippen LogP contribution in [0.1, 0.15) is 0 Å². The second kappa shape index (κ2) is 8.48. The number of nitrogens with zero attached hydrogens (tertiary/aromatic N) is 2. The van der Waals surface area contributed by atoms with Crippen LogP contribution < -0.4 is 10.6 Å². The van der Waals surface area contributed by atoms with Gasteiger partial charge in [-0.25, -0.2) is 0 Å². The summed E-state index contributed by atoms with van der Waals surface area (Å²) in [7, 11) is 4.24. The fraction of sp³-hybridized carbons (Fsp3) is 0.350. The highest BCUT2D eigenvalue weighted by Crippen LogP contribution is 2.24. The number of pyridine rings is 1. The Hall–Kier alpha value is -1.88. The largest absolute Gasteiger partial charge is 0.383 e. The molecule has 1 atom stereocenters. The van der Waals surface area contributed by atoms with E-state index in [2.05, 4.69) is 52.8 Å². The van der Waals surface area contributed by atoms with Crippen molar-refractivity contribution < 1.29 is 0 Å². The van der Waals surface area contributed by atoms with Crippen LogP contribution in [0.5, 0.6) is 0 Å². The molecule has 0 radical (unpaired) electrons. The molecule has 0 saturated heterocycles. The van der Waals surface area contributed by atoms with E-state index in [1.54, 1.807) is 0 Å². The number of benzene rings is 1. The Kier molecular flexibility index (Phi) is 6.08. The van der Waals surface area contributed by atoms with Gasteiger partial charge in [-0.1, -0.05) is 29.8 Å². The van der Waals surface area contributed by atoms with Crippen LogP contribution in [0.4, 0.5) is 5.69 Å². The maximum atomic E-state index is 6.04. The number of rotatable bonds is 8. The number of hydrogen-bond acceptors (Lipinski definition) is 4. The normalized spacial score (nSPS) is 16.6. The van der Waals surface area contributed by atoms with Crippen molar-refractivity contribution >= 4 is 28.2 Å². The molecule has 2 N–H and O–H groups in total. The van der Waals surface area contributed by atoms with Crippen LogP contribution >= 0.6 is 11.6 Å². The second-order valence-corrected chi connectivity index (χ2v) is 7.06. The van der Waals surface area contributed by atoms with Crippen molar-refractivity contribution in [2.24, 2.45) is 5.92 Å². The van der Waals surface area contributed by atoms with Gasteiger partial charge in [-0.2, -0.15) is 0 Å². The van der Waals surface area contributed by atoms with Crippen LogP contribution in [0.25, 0.3) is 10.9 Å². The van der Waals surface area contributed by atoms with Gasteiger partial charge in [0, 0.05) is 54.4 Å². The monoisotopic (exact) mass is 356 g/mol. The number of halogens is 1. The summed E-state index contributed by atoms with van der Waals surface area (Å²) in [5.74, 6) is 0.532. The van der Waals surface area contributed by atoms with Crippen molar-refractivity contribution in [3.05, 3.63) is 59.3 Å². The average molecular weight is 357 g/mol. The van der Waals surface area contributed by atoms with Gasteiger partial charge < -0.3 is 15.5 Å². The highest BCUT2D eigenvalue weighted by atomic mass is 35.5. The minimum absolute atomic E-state index is 0.532. The average Bonchev–Trinajstić information content (AvgIpc) is 3.00. The lowest BCUT2D eigenvalue weighted by Crippen LogP contribution is -2.28. The van der Waals surface area contributed by atoms with Gasteiger partial charge in [0.05, 0.1) is 5.52 Å². The molecule has 1 aromatic carbocycles. The predicted octanol–water partition coefficient (Wildman–Crippen LogP) is 3.56. The van der Waals surface area contributed by atoms with E-state index in [-0.39, 0.29) is 0 Å². The fourth-order valence-electron chi connectivity index (χ4n) is 3.12. The summed E-state index contributed by atoms with van der Waals surface area (Å²) in [4.78, 5) is 6.61. The lowest BCUT2D eigenvalue weighted by molar-refractivity contribution is 0.377. The summed E-state index contributed by atoms with van der Waals surface area (Å²) in [6, 6.07) is 7.82. The third-order valence-corrected chi connectivity index (χ3v) is 4.58. The third kappa shape index (κ3) is 4.82. The highest BCUT2D eigenvalue weighted by molar-refractivity contribution is 6.31.